The van der Waals surface area contributed by atoms with Crippen molar-refractivity contribution in [2.75, 3.05) is 12.9 Å². The zero-order valence-corrected chi connectivity index (χ0v) is 18.5. The molecule has 8 heteroatoms. The van der Waals surface area contributed by atoms with Gasteiger partial charge in [0.25, 0.3) is 11.5 Å². The molecular formula is C23H24N2O5S. The maximum Gasteiger partial charge on any atom is 0.268 e. The highest BCUT2D eigenvalue weighted by atomic mass is 32.2. The highest BCUT2D eigenvalue weighted by molar-refractivity contribution is 8.14. The summed E-state index contributed by atoms with van der Waals surface area (Å²) in [6, 6.07) is 7.70. The van der Waals surface area contributed by atoms with Gasteiger partial charge >= 0.3 is 0 Å². The lowest BCUT2D eigenvalue weighted by atomic mass is 9.75. The summed E-state index contributed by atoms with van der Waals surface area (Å²) in [6.45, 7) is 3.97. The first-order valence-electron chi connectivity index (χ1n) is 10.1. The second-order valence-corrected chi connectivity index (χ2v) is 9.78. The third kappa shape index (κ3) is 4.04. The van der Waals surface area contributed by atoms with E-state index in [2.05, 4.69) is 5.32 Å². The number of fused-ring (bicyclic) bond motifs is 1. The van der Waals surface area contributed by atoms with Gasteiger partial charge in [-0.25, -0.2) is 0 Å². The van der Waals surface area contributed by atoms with Crippen molar-refractivity contribution >= 4 is 28.6 Å². The SMILES string of the molecule is COc1ccc(-n2c3c(cc(C(=O)N[C@@H]4CCSC4=O)c2=O)C(=O)CC(C)(C)C3)cc1. The van der Waals surface area contributed by atoms with Crippen LogP contribution in [0.5, 0.6) is 5.75 Å². The maximum atomic E-state index is 13.5. The molecule has 2 aromatic rings. The van der Waals surface area contributed by atoms with Gasteiger partial charge in [-0.05, 0) is 48.6 Å². The van der Waals surface area contributed by atoms with E-state index in [0.29, 0.717) is 47.7 Å². The maximum absolute atomic E-state index is 13.5. The first-order chi connectivity index (χ1) is 14.7. The molecule has 31 heavy (non-hydrogen) atoms. The van der Waals surface area contributed by atoms with Gasteiger partial charge in [0.1, 0.15) is 11.3 Å². The normalized spacial score (nSPS) is 19.8. The summed E-state index contributed by atoms with van der Waals surface area (Å²) in [5.41, 5.74) is 0.585. The van der Waals surface area contributed by atoms with Crippen LogP contribution in [-0.2, 0) is 11.2 Å². The van der Waals surface area contributed by atoms with Crippen molar-refractivity contribution in [1.82, 2.24) is 9.88 Å². The van der Waals surface area contributed by atoms with Crippen LogP contribution in [0.1, 0.15) is 53.1 Å². The lowest BCUT2D eigenvalue weighted by molar-refractivity contribution is -0.112. The van der Waals surface area contributed by atoms with E-state index < -0.39 is 17.5 Å². The quantitative estimate of drug-likeness (QED) is 0.786. The number of thioether (sulfide) groups is 1. The summed E-state index contributed by atoms with van der Waals surface area (Å²) >= 11 is 1.17. The Morgan fingerprint density at radius 2 is 1.87 bits per heavy atom. The smallest absolute Gasteiger partial charge is 0.268 e. The number of carbonyl (C=O) groups is 3. The number of Topliss-reactive ketones (excluding diaryl/α,β-unsaturated/α-hetero) is 1. The Morgan fingerprint density at radius 1 is 1.16 bits per heavy atom. The van der Waals surface area contributed by atoms with Crippen LogP contribution in [0.2, 0.25) is 0 Å². The van der Waals surface area contributed by atoms with Gasteiger partial charge in [0, 0.05) is 29.1 Å². The van der Waals surface area contributed by atoms with Gasteiger partial charge in [-0.1, -0.05) is 25.6 Å². The summed E-state index contributed by atoms with van der Waals surface area (Å²) < 4.78 is 6.66. The van der Waals surface area contributed by atoms with Gasteiger partial charge < -0.3 is 10.1 Å². The molecule has 7 nitrogen and oxygen atoms in total. The van der Waals surface area contributed by atoms with E-state index >= 15 is 0 Å². The second-order valence-electron chi connectivity index (χ2n) is 8.68. The molecule has 1 saturated heterocycles. The fraction of sp³-hybridized carbons (Fsp3) is 0.391. The van der Waals surface area contributed by atoms with Crippen LogP contribution >= 0.6 is 11.8 Å². The third-order valence-corrected chi connectivity index (χ3v) is 6.71. The Bertz CT molecular complexity index is 1130. The van der Waals surface area contributed by atoms with Crippen molar-refractivity contribution in [3.05, 3.63) is 57.5 Å². The minimum atomic E-state index is -0.631. The number of nitrogens with one attached hydrogen (secondary N) is 1. The van der Waals surface area contributed by atoms with Gasteiger partial charge in [0.05, 0.1) is 13.2 Å². The number of benzene rings is 1. The molecular weight excluding hydrogens is 416 g/mol. The van der Waals surface area contributed by atoms with Gasteiger partial charge in [-0.3, -0.25) is 23.7 Å². The molecule has 2 heterocycles. The first kappa shape index (κ1) is 21.4. The summed E-state index contributed by atoms with van der Waals surface area (Å²) in [6.07, 6.45) is 1.38. The summed E-state index contributed by atoms with van der Waals surface area (Å²) in [7, 11) is 1.55. The highest BCUT2D eigenvalue weighted by Gasteiger charge is 2.36. The zero-order chi connectivity index (χ0) is 22.3. The standard InChI is InChI=1S/C23H24N2O5S/c1-23(2)11-18-15(19(26)12-23)10-16(20(27)24-17-8-9-31-22(17)29)21(28)25(18)13-4-6-14(30-3)7-5-13/h4-7,10,17H,8-9,11-12H2,1-3H3,(H,24,27)/t17-/m1/s1. The van der Waals surface area contributed by atoms with Crippen molar-refractivity contribution < 1.29 is 19.1 Å². The molecule has 1 N–H and O–H groups in total. The summed E-state index contributed by atoms with van der Waals surface area (Å²) in [5.74, 6) is 0.536. The van der Waals surface area contributed by atoms with Crippen LogP contribution in [0, 0.1) is 5.41 Å². The second kappa shape index (κ2) is 8.00. The zero-order valence-electron chi connectivity index (χ0n) is 17.7. The molecule has 2 aliphatic rings. The van der Waals surface area contributed by atoms with Crippen LogP contribution in [0.15, 0.2) is 35.1 Å². The molecule has 0 bridgehead atoms. The number of ether oxygens (including phenoxy) is 1. The minimum Gasteiger partial charge on any atom is -0.497 e. The van der Waals surface area contributed by atoms with Crippen LogP contribution in [0.25, 0.3) is 5.69 Å². The largest absolute Gasteiger partial charge is 0.497 e. The van der Waals surface area contributed by atoms with Gasteiger partial charge in [0.2, 0.25) is 5.12 Å². The molecule has 162 valence electrons. The van der Waals surface area contributed by atoms with Crippen LogP contribution < -0.4 is 15.6 Å². The van der Waals surface area contributed by atoms with Gasteiger partial charge in [0.15, 0.2) is 5.78 Å². The van der Waals surface area contributed by atoms with E-state index in [1.807, 2.05) is 13.8 Å². The average Bonchev–Trinajstić information content (AvgIpc) is 3.11. The lowest BCUT2D eigenvalue weighted by Gasteiger charge is -2.32. The number of nitrogens with zero attached hydrogens (tertiary/aromatic N) is 1. The molecule has 1 fully saturated rings. The van der Waals surface area contributed by atoms with Crippen molar-refractivity contribution in [3.63, 3.8) is 0 Å². The number of aromatic nitrogens is 1. The van der Waals surface area contributed by atoms with Crippen molar-refractivity contribution in [2.24, 2.45) is 5.41 Å². The Balaban J connectivity index is 1.87. The van der Waals surface area contributed by atoms with Crippen LogP contribution in [0.3, 0.4) is 0 Å². The number of rotatable bonds is 4. The Morgan fingerprint density at radius 3 is 2.48 bits per heavy atom. The van der Waals surface area contributed by atoms with Crippen molar-refractivity contribution in [2.45, 2.75) is 39.2 Å². The summed E-state index contributed by atoms with van der Waals surface area (Å²) in [4.78, 5) is 51.3. The number of carbonyl (C=O) groups excluding carboxylic acids is 3. The molecule has 1 aliphatic heterocycles. The van der Waals surface area contributed by atoms with E-state index in [9.17, 15) is 19.2 Å². The van der Waals surface area contributed by atoms with Crippen LogP contribution in [-0.4, -0.2) is 40.3 Å². The molecule has 0 spiro atoms. The molecule has 1 amide bonds. The predicted molar refractivity (Wildman–Crippen MR) is 118 cm³/mol. The molecule has 1 aliphatic carbocycles. The van der Waals surface area contributed by atoms with E-state index in [0.717, 1.165) is 0 Å². The molecule has 0 unspecified atom stereocenters. The number of pyridine rings is 1. The Kier molecular flexibility index (Phi) is 5.51. The van der Waals surface area contributed by atoms with E-state index in [-0.39, 0.29) is 21.9 Å². The van der Waals surface area contributed by atoms with Gasteiger partial charge in [-0.2, -0.15) is 0 Å². The van der Waals surface area contributed by atoms with E-state index in [1.54, 1.807) is 31.4 Å². The Hall–Kier alpha value is -2.87. The van der Waals surface area contributed by atoms with E-state index in [4.69, 9.17) is 4.74 Å². The third-order valence-electron chi connectivity index (χ3n) is 5.70. The summed E-state index contributed by atoms with van der Waals surface area (Å²) in [5, 5.41) is 2.56. The topological polar surface area (TPSA) is 94.5 Å². The number of methoxy groups -OCH3 is 1. The molecule has 0 radical (unpaired) electrons. The Labute approximate surface area is 184 Å². The van der Waals surface area contributed by atoms with Gasteiger partial charge in [-0.15, -0.1) is 0 Å². The monoisotopic (exact) mass is 440 g/mol. The molecule has 1 aromatic heterocycles. The number of hydrogen-bond acceptors (Lipinski definition) is 6. The predicted octanol–water partition coefficient (Wildman–Crippen LogP) is 2.76. The minimum absolute atomic E-state index is 0.102. The lowest BCUT2D eigenvalue weighted by Crippen LogP contribution is -2.42. The number of amides is 1. The fourth-order valence-corrected chi connectivity index (χ4v) is 5.08. The number of hydrogen-bond donors (Lipinski definition) is 1. The molecule has 4 rings (SSSR count). The van der Waals surface area contributed by atoms with Crippen LogP contribution in [0.4, 0.5) is 0 Å². The molecule has 1 atom stereocenters. The molecule has 0 saturated carbocycles. The highest BCUT2D eigenvalue weighted by Crippen LogP contribution is 2.35. The first-order valence-corrected chi connectivity index (χ1v) is 11.1. The number of ketones is 1. The van der Waals surface area contributed by atoms with Crippen molar-refractivity contribution in [3.8, 4) is 11.4 Å². The van der Waals surface area contributed by atoms with Crippen molar-refractivity contribution in [1.29, 1.82) is 0 Å². The van der Waals surface area contributed by atoms with E-state index in [1.165, 1.54) is 22.4 Å². The average molecular weight is 441 g/mol. The fourth-order valence-electron chi connectivity index (χ4n) is 4.14. The molecule has 1 aromatic carbocycles.